The highest BCUT2D eigenvalue weighted by atomic mass is 16.6. The van der Waals surface area contributed by atoms with Crippen LogP contribution in [0.15, 0.2) is 134 Å². The fourth-order valence-corrected chi connectivity index (χ4v) is 6.81. The Morgan fingerprint density at radius 3 is 1.07 bits per heavy atom. The van der Waals surface area contributed by atoms with Crippen molar-refractivity contribution in [3.05, 3.63) is 134 Å². The fourth-order valence-electron chi connectivity index (χ4n) is 6.81. The van der Waals surface area contributed by atoms with Crippen LogP contribution in [0.1, 0.15) is 220 Å². The Hall–Kier alpha value is -4.45. The normalized spacial score (nSPS) is 13.2. The van der Waals surface area contributed by atoms with E-state index >= 15 is 0 Å². The van der Waals surface area contributed by atoms with Crippen LogP contribution in [0.25, 0.3) is 0 Å². The molecule has 0 rings (SSSR count). The van der Waals surface area contributed by atoms with Crippen LogP contribution in [0.3, 0.4) is 0 Å². The van der Waals surface area contributed by atoms with E-state index in [1.165, 1.54) is 70.6 Å². The van der Waals surface area contributed by atoms with Crippen LogP contribution >= 0.6 is 0 Å². The number of unbranched alkanes of at least 4 members (excludes halogenated alkanes) is 15. The Labute approximate surface area is 417 Å². The van der Waals surface area contributed by atoms with E-state index in [1.54, 1.807) is 0 Å². The summed E-state index contributed by atoms with van der Waals surface area (Å²) in [6, 6.07) is 0. The SMILES string of the molecule is CC/C=C\C/C=C\C/C=C\C/C=C\C/C=C\CCCC(=O)OCC(COC(=O)CCCCC/C=C\C=C/CCCCCCCCC)OC(=O)CCC/C=C\C/C=C\C/C=C\C/C=C\CCCCC. The molecule has 0 bridgehead atoms. The van der Waals surface area contributed by atoms with Gasteiger partial charge in [-0.3, -0.25) is 14.4 Å². The van der Waals surface area contributed by atoms with Crippen LogP contribution in [0.2, 0.25) is 0 Å². The lowest BCUT2D eigenvalue weighted by Crippen LogP contribution is -2.30. The molecule has 0 aliphatic heterocycles. The predicted molar refractivity (Wildman–Crippen MR) is 292 cm³/mol. The molecule has 0 aromatic carbocycles. The van der Waals surface area contributed by atoms with Crippen LogP contribution in [0.4, 0.5) is 0 Å². The number of carbonyl (C=O) groups excluding carboxylic acids is 3. The third-order valence-corrected chi connectivity index (χ3v) is 10.9. The molecule has 382 valence electrons. The van der Waals surface area contributed by atoms with Gasteiger partial charge in [0.25, 0.3) is 0 Å². The zero-order valence-electron chi connectivity index (χ0n) is 43.6. The van der Waals surface area contributed by atoms with Gasteiger partial charge in [0.2, 0.25) is 0 Å². The predicted octanol–water partition coefficient (Wildman–Crippen LogP) is 18.3. The molecular formula is C62H98O6. The minimum Gasteiger partial charge on any atom is -0.462 e. The Bertz CT molecular complexity index is 1500. The van der Waals surface area contributed by atoms with Crippen LogP contribution < -0.4 is 0 Å². The molecule has 0 saturated heterocycles. The zero-order chi connectivity index (χ0) is 49.3. The molecule has 0 heterocycles. The lowest BCUT2D eigenvalue weighted by atomic mass is 10.1. The number of ether oxygens (including phenoxy) is 3. The second kappa shape index (κ2) is 55.1. The first kappa shape index (κ1) is 63.5. The summed E-state index contributed by atoms with van der Waals surface area (Å²) in [6.45, 7) is 6.36. The van der Waals surface area contributed by atoms with Gasteiger partial charge < -0.3 is 14.2 Å². The largest absolute Gasteiger partial charge is 0.462 e. The summed E-state index contributed by atoms with van der Waals surface area (Å²) in [5.74, 6) is -1.08. The first-order valence-corrected chi connectivity index (χ1v) is 27.2. The van der Waals surface area contributed by atoms with Crippen molar-refractivity contribution in [1.82, 2.24) is 0 Å². The highest BCUT2D eigenvalue weighted by Crippen LogP contribution is 2.11. The van der Waals surface area contributed by atoms with Crippen molar-refractivity contribution >= 4 is 17.9 Å². The summed E-state index contributed by atoms with van der Waals surface area (Å²) in [6.07, 6.45) is 77.3. The smallest absolute Gasteiger partial charge is 0.306 e. The number of esters is 3. The summed E-state index contributed by atoms with van der Waals surface area (Å²) >= 11 is 0. The summed E-state index contributed by atoms with van der Waals surface area (Å²) in [4.78, 5) is 38.0. The van der Waals surface area contributed by atoms with Crippen molar-refractivity contribution in [2.45, 2.75) is 226 Å². The molecule has 0 aliphatic carbocycles. The molecule has 0 N–H and O–H groups in total. The number of allylic oxidation sites excluding steroid dienone is 22. The number of hydrogen-bond acceptors (Lipinski definition) is 6. The molecule has 0 radical (unpaired) electrons. The summed E-state index contributed by atoms with van der Waals surface area (Å²) in [5.41, 5.74) is 0. The van der Waals surface area contributed by atoms with Gasteiger partial charge in [-0.2, -0.15) is 0 Å². The first-order chi connectivity index (χ1) is 33.5. The van der Waals surface area contributed by atoms with Gasteiger partial charge in [0.1, 0.15) is 13.2 Å². The minimum atomic E-state index is -0.845. The molecule has 68 heavy (non-hydrogen) atoms. The van der Waals surface area contributed by atoms with Crippen molar-refractivity contribution in [3.63, 3.8) is 0 Å². The summed E-state index contributed by atoms with van der Waals surface area (Å²) in [7, 11) is 0. The van der Waals surface area contributed by atoms with E-state index in [9.17, 15) is 14.4 Å². The van der Waals surface area contributed by atoms with Gasteiger partial charge in [-0.05, 0) is 122 Å². The van der Waals surface area contributed by atoms with E-state index in [0.29, 0.717) is 19.3 Å². The molecule has 0 aromatic heterocycles. The number of carbonyl (C=O) groups is 3. The van der Waals surface area contributed by atoms with Gasteiger partial charge in [0.05, 0.1) is 0 Å². The fraction of sp³-hybridized carbons (Fsp3) is 0.597. The molecule has 0 spiro atoms. The molecule has 0 aliphatic rings. The van der Waals surface area contributed by atoms with Gasteiger partial charge in [-0.1, -0.05) is 212 Å². The van der Waals surface area contributed by atoms with E-state index in [1.807, 2.05) is 0 Å². The van der Waals surface area contributed by atoms with Gasteiger partial charge in [-0.15, -0.1) is 0 Å². The van der Waals surface area contributed by atoms with Crippen molar-refractivity contribution in [2.24, 2.45) is 0 Å². The average molecular weight is 939 g/mol. The number of rotatable bonds is 47. The standard InChI is InChI=1S/C62H98O6/c1-4-7-10-13-16-19-22-25-28-31-34-37-40-43-46-49-52-55-61(64)67-58-59(57-66-60(63)54-51-48-45-42-39-36-33-30-27-24-21-18-15-12-9-6-3)68-62(65)56-53-50-47-44-41-38-35-32-29-26-23-20-17-14-11-8-5-2/h7,10,16-17,19-20,25-26,28-30,33-39,43-44,46-47,59H,4-6,8-9,11-15,18,21-24,27,31-32,40-42,45,48-58H2,1-3H3/b10-7-,19-16-,20-17-,28-25-,29-26-,33-30-,37-34-,38-35-,39-36-,46-43-,47-44-. The highest BCUT2D eigenvalue weighted by Gasteiger charge is 2.19. The molecule has 0 fully saturated rings. The third kappa shape index (κ3) is 52.5. The third-order valence-electron chi connectivity index (χ3n) is 10.9. The van der Waals surface area contributed by atoms with Gasteiger partial charge in [0, 0.05) is 19.3 Å². The molecule has 0 aromatic rings. The lowest BCUT2D eigenvalue weighted by Gasteiger charge is -2.18. The van der Waals surface area contributed by atoms with Crippen LogP contribution in [0, 0.1) is 0 Å². The Morgan fingerprint density at radius 2 is 0.632 bits per heavy atom. The first-order valence-electron chi connectivity index (χ1n) is 27.2. The second-order valence-corrected chi connectivity index (χ2v) is 17.4. The van der Waals surface area contributed by atoms with Gasteiger partial charge in [0.15, 0.2) is 6.10 Å². The summed E-state index contributed by atoms with van der Waals surface area (Å²) in [5, 5.41) is 0. The van der Waals surface area contributed by atoms with E-state index in [-0.39, 0.29) is 38.0 Å². The van der Waals surface area contributed by atoms with Gasteiger partial charge >= 0.3 is 17.9 Å². The zero-order valence-corrected chi connectivity index (χ0v) is 43.6. The maximum absolute atomic E-state index is 12.8. The maximum atomic E-state index is 12.8. The Morgan fingerprint density at radius 1 is 0.324 bits per heavy atom. The van der Waals surface area contributed by atoms with Crippen LogP contribution in [-0.4, -0.2) is 37.2 Å². The minimum absolute atomic E-state index is 0.136. The van der Waals surface area contributed by atoms with E-state index in [2.05, 4.69) is 154 Å². The van der Waals surface area contributed by atoms with Crippen LogP contribution in [-0.2, 0) is 28.6 Å². The molecule has 0 saturated carbocycles. The van der Waals surface area contributed by atoms with E-state index < -0.39 is 12.1 Å². The molecular weight excluding hydrogens is 841 g/mol. The molecule has 1 atom stereocenters. The highest BCUT2D eigenvalue weighted by molar-refractivity contribution is 5.71. The lowest BCUT2D eigenvalue weighted by molar-refractivity contribution is -0.167. The average Bonchev–Trinajstić information content (AvgIpc) is 3.34. The van der Waals surface area contributed by atoms with Crippen molar-refractivity contribution < 1.29 is 28.6 Å². The second-order valence-electron chi connectivity index (χ2n) is 17.4. The molecule has 1 unspecified atom stereocenters. The van der Waals surface area contributed by atoms with Crippen molar-refractivity contribution in [3.8, 4) is 0 Å². The summed E-state index contributed by atoms with van der Waals surface area (Å²) < 4.78 is 16.7. The molecule has 6 heteroatoms. The monoisotopic (exact) mass is 939 g/mol. The Kier molecular flexibility index (Phi) is 51.5. The molecule has 6 nitrogen and oxygen atoms in total. The van der Waals surface area contributed by atoms with E-state index in [4.69, 9.17) is 14.2 Å². The topological polar surface area (TPSA) is 78.9 Å². The Balaban J connectivity index is 4.64. The quantitative estimate of drug-likeness (QED) is 0.0199. The van der Waals surface area contributed by atoms with Crippen molar-refractivity contribution in [2.75, 3.05) is 13.2 Å². The maximum Gasteiger partial charge on any atom is 0.306 e. The number of hydrogen-bond donors (Lipinski definition) is 0. The van der Waals surface area contributed by atoms with Gasteiger partial charge in [-0.25, -0.2) is 0 Å². The molecule has 0 amide bonds. The van der Waals surface area contributed by atoms with Crippen LogP contribution in [0.5, 0.6) is 0 Å². The van der Waals surface area contributed by atoms with Crippen molar-refractivity contribution in [1.29, 1.82) is 0 Å². The van der Waals surface area contributed by atoms with E-state index in [0.717, 1.165) is 96.3 Å².